The second kappa shape index (κ2) is 10.5. The standard InChI is InChI=1S/C5H4F2.Cu.FH/c1-2-3-4-5(6)7;;/h3-4H,1H2;;1H/q;+1;/p-1. The van der Waals surface area contributed by atoms with Crippen LogP contribution in [0.4, 0.5) is 12.3 Å². The minimum absolute atomic E-state index is 0.632. The summed E-state index contributed by atoms with van der Waals surface area (Å²) in [4.78, 5) is 0. The van der Waals surface area contributed by atoms with Gasteiger partial charge in [-0.3, -0.25) is 0 Å². The van der Waals surface area contributed by atoms with Crippen molar-refractivity contribution in [3.8, 4) is 0 Å². The fourth-order valence-corrected chi connectivity index (χ4v) is 0.122. The summed E-state index contributed by atoms with van der Waals surface area (Å²) in [6.07, 6.45) is -0.0429. The Morgan fingerprint density at radius 2 is 1.89 bits per heavy atom. The number of hydrogen-bond acceptors (Lipinski definition) is 0. The average Bonchev–Trinajstić information content (AvgIpc) is 1.88. The van der Waals surface area contributed by atoms with E-state index in [0.29, 0.717) is 6.08 Å². The van der Waals surface area contributed by atoms with E-state index in [1.165, 1.54) is 0 Å². The number of allylic oxidation sites excluding steroid dienone is 2. The van der Waals surface area contributed by atoms with E-state index in [0.717, 1.165) is 6.08 Å². The summed E-state index contributed by atoms with van der Waals surface area (Å²) in [7, 11) is 0. The Morgan fingerprint density at radius 1 is 1.44 bits per heavy atom. The quantitative estimate of drug-likeness (QED) is 0.334. The summed E-state index contributed by atoms with van der Waals surface area (Å²) in [5.74, 6) is 0. The first-order valence-corrected chi connectivity index (χ1v) is 2.11. The molecule has 0 nitrogen and oxygen atoms in total. The van der Waals surface area contributed by atoms with Gasteiger partial charge in [0.15, 0.2) is 0 Å². The van der Waals surface area contributed by atoms with Gasteiger partial charge in [-0.15, -0.1) is 5.73 Å². The molecule has 0 N–H and O–H groups in total. The molecule has 0 amide bonds. The summed E-state index contributed by atoms with van der Waals surface area (Å²) in [6.45, 7) is 3.07. The molecular formula is C5H4CuF3. The second-order valence-electron chi connectivity index (χ2n) is 0.827. The van der Waals surface area contributed by atoms with E-state index >= 15 is 0 Å². The molecule has 0 atom stereocenters. The van der Waals surface area contributed by atoms with Crippen LogP contribution in [-0.2, 0) is 16.5 Å². The molecule has 0 saturated heterocycles. The van der Waals surface area contributed by atoms with Gasteiger partial charge >= 0.3 is 20.0 Å². The summed E-state index contributed by atoms with van der Waals surface area (Å²) < 4.78 is 31.0. The fourth-order valence-electron chi connectivity index (χ4n) is 0.122. The van der Waals surface area contributed by atoms with Gasteiger partial charge < -0.3 is 0 Å². The van der Waals surface area contributed by atoms with Crippen molar-refractivity contribution in [1.82, 2.24) is 0 Å². The molecule has 0 unspecified atom stereocenters. The van der Waals surface area contributed by atoms with Gasteiger partial charge in [0.1, 0.15) is 0 Å². The van der Waals surface area contributed by atoms with Crippen LogP contribution in [0.3, 0.4) is 0 Å². The van der Waals surface area contributed by atoms with Crippen molar-refractivity contribution in [2.24, 2.45) is 0 Å². The van der Waals surface area contributed by atoms with Crippen molar-refractivity contribution in [3.63, 3.8) is 0 Å². The molecule has 0 aromatic rings. The topological polar surface area (TPSA) is 0 Å². The third-order valence-electron chi connectivity index (χ3n) is 0.327. The van der Waals surface area contributed by atoms with Crippen LogP contribution in [-0.4, -0.2) is 0 Å². The Morgan fingerprint density at radius 3 is 2.00 bits per heavy atom. The van der Waals surface area contributed by atoms with Crippen LogP contribution in [0, 0.1) is 0 Å². The van der Waals surface area contributed by atoms with E-state index in [1.54, 1.807) is 0 Å². The van der Waals surface area contributed by atoms with Crippen molar-refractivity contribution < 1.29 is 28.8 Å². The van der Waals surface area contributed by atoms with Crippen molar-refractivity contribution >= 4 is 0 Å². The van der Waals surface area contributed by atoms with Crippen LogP contribution in [0.5, 0.6) is 0 Å². The molecule has 0 saturated carbocycles. The first kappa shape index (κ1) is 11.4. The molecular weight excluding hydrogens is 181 g/mol. The monoisotopic (exact) mass is 184 g/mol. The molecule has 0 aromatic heterocycles. The fraction of sp³-hybridized carbons (Fsp3) is 0. The first-order valence-electron chi connectivity index (χ1n) is 1.76. The first-order chi connectivity index (χ1) is 4.27. The van der Waals surface area contributed by atoms with Crippen LogP contribution >= 0.6 is 0 Å². The normalized spacial score (nSPS) is 5.89. The van der Waals surface area contributed by atoms with Crippen molar-refractivity contribution in [2.45, 2.75) is 0 Å². The Kier molecular flexibility index (Phi) is 13.3. The van der Waals surface area contributed by atoms with Gasteiger partial charge in [-0.05, 0) is 6.08 Å². The summed E-state index contributed by atoms with van der Waals surface area (Å²) >= 11 is 2.69. The molecule has 0 rings (SSSR count). The zero-order chi connectivity index (χ0) is 7.70. The average molecular weight is 185 g/mol. The van der Waals surface area contributed by atoms with Gasteiger partial charge in [-0.25, -0.2) is 0 Å². The Labute approximate surface area is 60.0 Å². The third-order valence-corrected chi connectivity index (χ3v) is 0.327. The molecule has 0 fully saturated rings. The van der Waals surface area contributed by atoms with Gasteiger partial charge in [0, 0.05) is 6.08 Å². The van der Waals surface area contributed by atoms with Gasteiger partial charge in [0.25, 0.3) is 6.08 Å². The van der Waals surface area contributed by atoms with E-state index in [9.17, 15) is 8.78 Å². The van der Waals surface area contributed by atoms with E-state index in [4.69, 9.17) is 3.55 Å². The Bertz CT molecular complexity index is 120. The third kappa shape index (κ3) is 18.4. The number of hydrogen-bond donors (Lipinski definition) is 0. The molecule has 0 aliphatic rings. The number of halogens is 3. The molecule has 0 aromatic carbocycles. The van der Waals surface area contributed by atoms with Gasteiger partial charge in [-0.1, -0.05) is 6.58 Å². The van der Waals surface area contributed by atoms with Crippen molar-refractivity contribution in [3.05, 3.63) is 30.5 Å². The summed E-state index contributed by atoms with van der Waals surface area (Å²) in [5, 5.41) is 0. The second-order valence-corrected chi connectivity index (χ2v) is 0.827. The SMILES string of the molecule is C=C=CC=C(F)F.[F][Cu]. The van der Waals surface area contributed by atoms with Crippen molar-refractivity contribution in [2.75, 3.05) is 0 Å². The molecule has 0 radical (unpaired) electrons. The van der Waals surface area contributed by atoms with E-state index < -0.39 is 6.08 Å². The predicted octanol–water partition coefficient (Wildman–Crippen LogP) is 2.53. The maximum absolute atomic E-state index is 11.0. The minimum atomic E-state index is -1.73. The molecule has 0 spiro atoms. The zero-order valence-corrected chi connectivity index (χ0v) is 5.24. The molecule has 0 heterocycles. The molecule has 0 aliphatic heterocycles. The molecule has 0 bridgehead atoms. The van der Waals surface area contributed by atoms with E-state index in [-0.39, 0.29) is 0 Å². The van der Waals surface area contributed by atoms with Gasteiger partial charge in [0.05, 0.1) is 0 Å². The number of rotatable bonds is 1. The van der Waals surface area contributed by atoms with E-state index in [1.807, 2.05) is 0 Å². The molecule has 0 aliphatic carbocycles. The zero-order valence-electron chi connectivity index (χ0n) is 4.30. The van der Waals surface area contributed by atoms with Crippen molar-refractivity contribution in [1.29, 1.82) is 0 Å². The molecule has 56 valence electrons. The molecule has 4 heteroatoms. The summed E-state index contributed by atoms with van der Waals surface area (Å²) in [6, 6.07) is 0. The van der Waals surface area contributed by atoms with Gasteiger partial charge in [-0.2, -0.15) is 8.78 Å². The predicted molar refractivity (Wildman–Crippen MR) is 25.1 cm³/mol. The maximum atomic E-state index is 11.0. The van der Waals surface area contributed by atoms with Crippen LogP contribution in [0.2, 0.25) is 0 Å². The van der Waals surface area contributed by atoms with Crippen LogP contribution in [0.1, 0.15) is 0 Å². The summed E-state index contributed by atoms with van der Waals surface area (Å²) in [5.41, 5.74) is 2.17. The van der Waals surface area contributed by atoms with Crippen LogP contribution < -0.4 is 0 Å². The van der Waals surface area contributed by atoms with Gasteiger partial charge in [0.2, 0.25) is 0 Å². The molecule has 9 heavy (non-hydrogen) atoms. The van der Waals surface area contributed by atoms with Crippen LogP contribution in [0.25, 0.3) is 0 Å². The van der Waals surface area contributed by atoms with Crippen LogP contribution in [0.15, 0.2) is 30.5 Å². The Hall–Kier alpha value is -0.431. The Balaban J connectivity index is 0. The van der Waals surface area contributed by atoms with E-state index in [2.05, 4.69) is 28.8 Å².